The molecule has 4 nitrogen and oxygen atoms in total. The van der Waals surface area contributed by atoms with Crippen molar-refractivity contribution >= 4 is 56.7 Å². The minimum absolute atomic E-state index is 0. The first kappa shape index (κ1) is 33.4. The fourth-order valence-corrected chi connectivity index (χ4v) is 6.97. The van der Waals surface area contributed by atoms with Crippen molar-refractivity contribution in [2.75, 3.05) is 0 Å². The van der Waals surface area contributed by atoms with Crippen molar-refractivity contribution < 1.29 is 24.5 Å². The SMILES string of the molecule is CC(C)(C)c1cc(-c2[c-]ccc3c2oc2c3ccc3ccc4ccccc4c32)ncn1.C[Si](C)(C)c1ccc(-c2[c-]cccc2)nc1.[Ir]. The van der Waals surface area contributed by atoms with E-state index in [1.165, 1.54) is 21.3 Å². The van der Waals surface area contributed by atoms with Crippen molar-refractivity contribution in [3.05, 3.63) is 133 Å². The standard InChI is InChI=1S/C28H21N2O.C14H16NSi.Ir/c1-28(2,3)24-15-23(29-16-30-24)22-10-6-9-20-21-14-13-18-12-11-17-7-4-5-8-19(17)25(18)27(21)31-26(20)22;1-16(2,3)13-9-10-14(15-11-13)12-7-5-4-6-8-12;/h4-9,11-16H,1-3H3;4-7,9-11H,1-3H3;/q2*-1;. The molecule has 0 aliphatic carbocycles. The first-order valence-electron chi connectivity index (χ1n) is 16.0. The molecule has 0 fully saturated rings. The van der Waals surface area contributed by atoms with Crippen LogP contribution in [0, 0.1) is 12.1 Å². The van der Waals surface area contributed by atoms with Gasteiger partial charge in [-0.2, -0.15) is 0 Å². The van der Waals surface area contributed by atoms with E-state index in [2.05, 4.69) is 134 Å². The van der Waals surface area contributed by atoms with Gasteiger partial charge in [-0.15, -0.1) is 54.1 Å². The number of hydrogen-bond donors (Lipinski definition) is 0. The maximum atomic E-state index is 6.59. The zero-order valence-corrected chi connectivity index (χ0v) is 31.4. The third-order valence-corrected chi connectivity index (χ3v) is 10.6. The molecule has 6 heteroatoms. The normalized spacial score (nSPS) is 11.8. The summed E-state index contributed by atoms with van der Waals surface area (Å²) in [5.74, 6) is 0. The number of furan rings is 1. The summed E-state index contributed by atoms with van der Waals surface area (Å²) in [4.78, 5) is 13.6. The van der Waals surface area contributed by atoms with Gasteiger partial charge in [-0.25, -0.2) is 4.98 Å². The Hall–Kier alpha value is -4.48. The zero-order chi connectivity index (χ0) is 32.8. The molecule has 0 saturated carbocycles. The van der Waals surface area contributed by atoms with E-state index in [1.807, 2.05) is 42.6 Å². The molecular formula is C42H37IrN3OSi-2. The van der Waals surface area contributed by atoms with Crippen molar-refractivity contribution in [2.24, 2.45) is 0 Å². The molecule has 5 aromatic carbocycles. The van der Waals surface area contributed by atoms with Crippen molar-refractivity contribution in [1.82, 2.24) is 15.0 Å². The smallest absolute Gasteiger partial charge is 0.129 e. The summed E-state index contributed by atoms with van der Waals surface area (Å²) in [5, 5.41) is 8.32. The maximum absolute atomic E-state index is 6.59. The van der Waals surface area contributed by atoms with Gasteiger partial charge in [-0.1, -0.05) is 118 Å². The Morgan fingerprint density at radius 2 is 1.40 bits per heavy atom. The van der Waals surface area contributed by atoms with Gasteiger partial charge in [0.15, 0.2) is 0 Å². The fraction of sp³-hybridized carbons (Fsp3) is 0.167. The minimum Gasteiger partial charge on any atom is -0.500 e. The van der Waals surface area contributed by atoms with E-state index in [9.17, 15) is 0 Å². The van der Waals surface area contributed by atoms with Crippen LogP contribution in [0.25, 0.3) is 66.0 Å². The maximum Gasteiger partial charge on any atom is 0.129 e. The van der Waals surface area contributed by atoms with Gasteiger partial charge in [0.25, 0.3) is 0 Å². The largest absolute Gasteiger partial charge is 0.500 e. The van der Waals surface area contributed by atoms with Gasteiger partial charge in [0.1, 0.15) is 11.9 Å². The Labute approximate surface area is 296 Å². The van der Waals surface area contributed by atoms with Gasteiger partial charge in [-0.3, -0.25) is 4.98 Å². The average Bonchev–Trinajstić information content (AvgIpc) is 3.47. The van der Waals surface area contributed by atoms with E-state index in [4.69, 9.17) is 4.42 Å². The fourth-order valence-electron chi connectivity index (χ4n) is 5.93. The van der Waals surface area contributed by atoms with Crippen molar-refractivity contribution in [2.45, 2.75) is 45.8 Å². The first-order chi connectivity index (χ1) is 22.6. The van der Waals surface area contributed by atoms with Crippen LogP contribution < -0.4 is 5.19 Å². The van der Waals surface area contributed by atoms with Crippen LogP contribution in [0.5, 0.6) is 0 Å². The molecule has 1 radical (unpaired) electrons. The molecule has 0 atom stereocenters. The van der Waals surface area contributed by atoms with Gasteiger partial charge in [0, 0.05) is 48.2 Å². The van der Waals surface area contributed by atoms with Gasteiger partial charge in [-0.05, 0) is 32.7 Å². The molecule has 0 amide bonds. The molecule has 0 spiro atoms. The summed E-state index contributed by atoms with van der Waals surface area (Å²) in [7, 11) is -1.23. The van der Waals surface area contributed by atoms with E-state index in [0.29, 0.717) is 0 Å². The number of hydrogen-bond acceptors (Lipinski definition) is 4. The predicted molar refractivity (Wildman–Crippen MR) is 199 cm³/mol. The summed E-state index contributed by atoms with van der Waals surface area (Å²) >= 11 is 0. The number of fused-ring (bicyclic) bond motifs is 7. The number of pyridine rings is 1. The van der Waals surface area contributed by atoms with Crippen LogP contribution in [-0.2, 0) is 25.5 Å². The zero-order valence-electron chi connectivity index (χ0n) is 28.1. The van der Waals surface area contributed by atoms with Crippen molar-refractivity contribution in [3.63, 3.8) is 0 Å². The Kier molecular flexibility index (Phi) is 9.19. The third-order valence-electron chi connectivity index (χ3n) is 8.61. The molecule has 241 valence electrons. The van der Waals surface area contributed by atoms with E-state index in [-0.39, 0.29) is 25.5 Å². The molecule has 0 bridgehead atoms. The summed E-state index contributed by atoms with van der Waals surface area (Å²) in [6, 6.07) is 42.0. The summed E-state index contributed by atoms with van der Waals surface area (Å²) < 4.78 is 6.59. The second-order valence-electron chi connectivity index (χ2n) is 14.0. The molecule has 0 aliphatic heterocycles. The molecule has 0 aliphatic rings. The minimum atomic E-state index is -1.23. The Bertz CT molecular complexity index is 2370. The number of benzene rings is 5. The average molecular weight is 820 g/mol. The number of aromatic nitrogens is 3. The van der Waals surface area contributed by atoms with Crippen LogP contribution >= 0.6 is 0 Å². The van der Waals surface area contributed by atoms with Crippen molar-refractivity contribution in [3.8, 4) is 22.5 Å². The van der Waals surface area contributed by atoms with Crippen LogP contribution in [0.15, 0.2) is 120 Å². The van der Waals surface area contributed by atoms with Crippen LogP contribution in [-0.4, -0.2) is 23.0 Å². The van der Waals surface area contributed by atoms with Gasteiger partial charge in [0.2, 0.25) is 0 Å². The molecular weight excluding hydrogens is 783 g/mol. The molecule has 8 aromatic rings. The quantitative estimate of drug-likeness (QED) is 0.101. The molecule has 0 saturated heterocycles. The second-order valence-corrected chi connectivity index (χ2v) is 19.1. The number of rotatable bonds is 3. The van der Waals surface area contributed by atoms with Gasteiger partial charge in [0.05, 0.1) is 13.7 Å². The van der Waals surface area contributed by atoms with Crippen molar-refractivity contribution in [1.29, 1.82) is 0 Å². The van der Waals surface area contributed by atoms with E-state index >= 15 is 0 Å². The molecule has 0 N–H and O–H groups in total. The monoisotopic (exact) mass is 820 g/mol. The summed E-state index contributed by atoms with van der Waals surface area (Å²) in [6.07, 6.45) is 3.65. The molecule has 8 rings (SSSR count). The number of nitrogens with zero attached hydrogens (tertiary/aromatic N) is 3. The summed E-state index contributed by atoms with van der Waals surface area (Å²) in [5.41, 5.74) is 6.43. The van der Waals surface area contributed by atoms with Crippen LogP contribution in [0.2, 0.25) is 19.6 Å². The van der Waals surface area contributed by atoms with E-state index in [0.717, 1.165) is 55.5 Å². The first-order valence-corrected chi connectivity index (χ1v) is 19.5. The third kappa shape index (κ3) is 6.48. The molecule has 3 heterocycles. The van der Waals surface area contributed by atoms with E-state index in [1.54, 1.807) is 6.33 Å². The van der Waals surface area contributed by atoms with Gasteiger partial charge >= 0.3 is 0 Å². The second kappa shape index (κ2) is 13.2. The Balaban J connectivity index is 0.000000201. The van der Waals surface area contributed by atoms with Crippen LogP contribution in [0.4, 0.5) is 0 Å². The molecule has 48 heavy (non-hydrogen) atoms. The van der Waals surface area contributed by atoms with E-state index < -0.39 is 8.07 Å². The predicted octanol–water partition coefficient (Wildman–Crippen LogP) is 10.5. The molecule has 3 aromatic heterocycles. The van der Waals surface area contributed by atoms with Crippen LogP contribution in [0.3, 0.4) is 0 Å². The topological polar surface area (TPSA) is 51.8 Å². The molecule has 0 unspecified atom stereocenters. The van der Waals surface area contributed by atoms with Crippen LogP contribution in [0.1, 0.15) is 26.5 Å². The Morgan fingerprint density at radius 1 is 0.646 bits per heavy atom. The summed E-state index contributed by atoms with van der Waals surface area (Å²) in [6.45, 7) is 13.5. The van der Waals surface area contributed by atoms with Gasteiger partial charge < -0.3 is 9.40 Å². The Morgan fingerprint density at radius 3 is 2.12 bits per heavy atom.